The summed E-state index contributed by atoms with van der Waals surface area (Å²) in [6.07, 6.45) is 2.16. The maximum Gasteiger partial charge on any atom is 0.232 e. The predicted molar refractivity (Wildman–Crippen MR) is 106 cm³/mol. The quantitative estimate of drug-likeness (QED) is 0.273. The van der Waals surface area contributed by atoms with Crippen LogP contribution in [-0.2, 0) is 24.8 Å². The molecule has 1 aliphatic heterocycles. The average Bonchev–Trinajstić information content (AvgIpc) is 2.61. The smallest absolute Gasteiger partial charge is 0.232 e. The summed E-state index contributed by atoms with van der Waals surface area (Å²) in [4.78, 5) is 14.9. The molecular formula is C13H26N8O5S2. The maximum absolute atomic E-state index is 11.1. The Kier molecular flexibility index (Phi) is 8.11. The van der Waals surface area contributed by atoms with E-state index in [0.717, 1.165) is 12.5 Å². The average molecular weight is 439 g/mol. The van der Waals surface area contributed by atoms with E-state index in [0.29, 0.717) is 32.3 Å². The molecule has 15 heteroatoms. The van der Waals surface area contributed by atoms with Crippen molar-refractivity contribution in [2.75, 3.05) is 80.5 Å². The highest BCUT2D eigenvalue weighted by Gasteiger charge is 2.16. The van der Waals surface area contributed by atoms with Crippen LogP contribution in [0.25, 0.3) is 0 Å². The zero-order chi connectivity index (χ0) is 20.6. The number of hydrogen-bond donors (Lipinski definition) is 4. The molecule has 28 heavy (non-hydrogen) atoms. The molecule has 1 aromatic heterocycles. The summed E-state index contributed by atoms with van der Waals surface area (Å²) < 4.78 is 54.5. The van der Waals surface area contributed by atoms with Gasteiger partial charge >= 0.3 is 0 Å². The van der Waals surface area contributed by atoms with Gasteiger partial charge in [-0.05, 0) is 0 Å². The molecule has 13 nitrogen and oxygen atoms in total. The van der Waals surface area contributed by atoms with Gasteiger partial charge in [-0.1, -0.05) is 0 Å². The molecule has 0 saturated carbocycles. The summed E-state index contributed by atoms with van der Waals surface area (Å²) in [5, 5.41) is 5.91. The van der Waals surface area contributed by atoms with E-state index in [9.17, 15) is 16.8 Å². The first-order valence-corrected chi connectivity index (χ1v) is 12.4. The summed E-state index contributed by atoms with van der Waals surface area (Å²) >= 11 is 0. The van der Waals surface area contributed by atoms with Crippen LogP contribution in [-0.4, -0.2) is 96.8 Å². The van der Waals surface area contributed by atoms with E-state index in [2.05, 4.69) is 35.0 Å². The molecule has 1 aliphatic rings. The SMILES string of the molecule is CS(=O)(=O)NCCNc1nc(NCCNS(C)(=O)=O)nc(N2CCOCC2)n1. The fourth-order valence-electron chi connectivity index (χ4n) is 2.25. The Balaban J connectivity index is 2.02. The van der Waals surface area contributed by atoms with Gasteiger partial charge in [0.15, 0.2) is 0 Å². The van der Waals surface area contributed by atoms with Crippen LogP contribution in [0.15, 0.2) is 0 Å². The third-order valence-electron chi connectivity index (χ3n) is 3.46. The van der Waals surface area contributed by atoms with Gasteiger partial charge in [0, 0.05) is 39.3 Å². The minimum atomic E-state index is -3.27. The molecule has 0 radical (unpaired) electrons. The molecule has 0 unspecified atom stereocenters. The first-order valence-electron chi connectivity index (χ1n) is 8.58. The monoisotopic (exact) mass is 438 g/mol. The summed E-state index contributed by atoms with van der Waals surface area (Å²) in [5.74, 6) is 1.02. The number of rotatable bonds is 11. The zero-order valence-electron chi connectivity index (χ0n) is 15.8. The Bertz CT molecular complexity index is 784. The predicted octanol–water partition coefficient (Wildman–Crippen LogP) is -2.37. The molecular weight excluding hydrogens is 412 g/mol. The summed E-state index contributed by atoms with van der Waals surface area (Å²) in [6.45, 7) is 3.32. The Hall–Kier alpha value is -1.81. The first-order chi connectivity index (χ1) is 13.1. The maximum atomic E-state index is 11.1. The molecule has 2 heterocycles. The normalized spacial score (nSPS) is 15.4. The van der Waals surface area contributed by atoms with Crippen molar-refractivity contribution in [3.63, 3.8) is 0 Å². The van der Waals surface area contributed by atoms with Gasteiger partial charge in [-0.25, -0.2) is 26.3 Å². The van der Waals surface area contributed by atoms with Crippen LogP contribution >= 0.6 is 0 Å². The van der Waals surface area contributed by atoms with Crippen LogP contribution in [0.2, 0.25) is 0 Å². The van der Waals surface area contributed by atoms with E-state index in [1.165, 1.54) is 0 Å². The minimum absolute atomic E-state index is 0.179. The summed E-state index contributed by atoms with van der Waals surface area (Å²) in [6, 6.07) is 0. The minimum Gasteiger partial charge on any atom is -0.378 e. The Morgan fingerprint density at radius 1 is 0.821 bits per heavy atom. The van der Waals surface area contributed by atoms with Crippen molar-refractivity contribution in [3.8, 4) is 0 Å². The second-order valence-corrected chi connectivity index (χ2v) is 9.73. The van der Waals surface area contributed by atoms with E-state index in [1.807, 2.05) is 4.90 Å². The molecule has 2 rings (SSSR count). The second-order valence-electron chi connectivity index (χ2n) is 6.07. The third kappa shape index (κ3) is 8.92. The molecule has 0 spiro atoms. The van der Waals surface area contributed by atoms with Crippen LogP contribution in [0, 0.1) is 0 Å². The van der Waals surface area contributed by atoms with Gasteiger partial charge in [-0.15, -0.1) is 0 Å². The van der Waals surface area contributed by atoms with Crippen molar-refractivity contribution in [2.24, 2.45) is 0 Å². The standard InChI is InChI=1S/C13H26N8O5S2/c1-27(22,23)16-5-3-14-11-18-12(15-4-6-17-28(2,24)25)20-13(19-11)21-7-9-26-10-8-21/h16-17H,3-10H2,1-2H3,(H2,14,15,18,19,20). The largest absolute Gasteiger partial charge is 0.378 e. The number of nitrogens with zero attached hydrogens (tertiary/aromatic N) is 4. The van der Waals surface area contributed by atoms with Crippen molar-refractivity contribution in [1.29, 1.82) is 0 Å². The van der Waals surface area contributed by atoms with Gasteiger partial charge in [-0.3, -0.25) is 0 Å². The number of sulfonamides is 2. The van der Waals surface area contributed by atoms with Crippen LogP contribution in [0.1, 0.15) is 0 Å². The molecule has 160 valence electrons. The van der Waals surface area contributed by atoms with Crippen molar-refractivity contribution in [1.82, 2.24) is 24.4 Å². The lowest BCUT2D eigenvalue weighted by Crippen LogP contribution is -2.38. The van der Waals surface area contributed by atoms with Gasteiger partial charge in [0.2, 0.25) is 37.9 Å². The van der Waals surface area contributed by atoms with Crippen molar-refractivity contribution in [3.05, 3.63) is 0 Å². The highest BCUT2D eigenvalue weighted by molar-refractivity contribution is 7.89. The lowest BCUT2D eigenvalue weighted by atomic mass is 10.4. The fourth-order valence-corrected chi connectivity index (χ4v) is 3.19. The number of ether oxygens (including phenoxy) is 1. The topological polar surface area (TPSA) is 168 Å². The molecule has 1 fully saturated rings. The van der Waals surface area contributed by atoms with Crippen molar-refractivity contribution >= 4 is 37.9 Å². The zero-order valence-corrected chi connectivity index (χ0v) is 17.4. The first kappa shape index (κ1) is 22.5. The lowest BCUT2D eigenvalue weighted by Gasteiger charge is -2.27. The number of anilines is 3. The Morgan fingerprint density at radius 3 is 1.71 bits per heavy atom. The highest BCUT2D eigenvalue weighted by Crippen LogP contribution is 2.14. The van der Waals surface area contributed by atoms with E-state index in [1.54, 1.807) is 0 Å². The lowest BCUT2D eigenvalue weighted by molar-refractivity contribution is 0.122. The van der Waals surface area contributed by atoms with Crippen molar-refractivity contribution < 1.29 is 21.6 Å². The van der Waals surface area contributed by atoms with Crippen LogP contribution in [0.4, 0.5) is 17.8 Å². The number of hydrogen-bond acceptors (Lipinski definition) is 11. The van der Waals surface area contributed by atoms with Gasteiger partial charge < -0.3 is 20.3 Å². The Morgan fingerprint density at radius 2 is 1.29 bits per heavy atom. The molecule has 0 amide bonds. The summed E-state index contributed by atoms with van der Waals surface area (Å²) in [7, 11) is -6.55. The van der Waals surface area contributed by atoms with E-state index >= 15 is 0 Å². The van der Waals surface area contributed by atoms with Crippen LogP contribution in [0.3, 0.4) is 0 Å². The molecule has 4 N–H and O–H groups in total. The Labute approximate surface area is 164 Å². The molecule has 1 aromatic rings. The van der Waals surface area contributed by atoms with Crippen molar-refractivity contribution in [2.45, 2.75) is 0 Å². The number of nitrogens with one attached hydrogen (secondary N) is 4. The van der Waals surface area contributed by atoms with Crippen LogP contribution in [0.5, 0.6) is 0 Å². The molecule has 1 saturated heterocycles. The third-order valence-corrected chi connectivity index (χ3v) is 4.92. The van der Waals surface area contributed by atoms with E-state index < -0.39 is 20.0 Å². The van der Waals surface area contributed by atoms with E-state index in [-0.39, 0.29) is 38.1 Å². The van der Waals surface area contributed by atoms with E-state index in [4.69, 9.17) is 4.74 Å². The second kappa shape index (κ2) is 10.1. The molecule has 0 bridgehead atoms. The van der Waals surface area contributed by atoms with Gasteiger partial charge in [-0.2, -0.15) is 15.0 Å². The number of morpholine rings is 1. The fraction of sp³-hybridized carbons (Fsp3) is 0.769. The van der Waals surface area contributed by atoms with Crippen LogP contribution < -0.4 is 25.0 Å². The molecule has 0 aliphatic carbocycles. The van der Waals surface area contributed by atoms with Gasteiger partial charge in [0.1, 0.15) is 0 Å². The highest BCUT2D eigenvalue weighted by atomic mass is 32.2. The molecule has 0 aromatic carbocycles. The van der Waals surface area contributed by atoms with Gasteiger partial charge in [0.25, 0.3) is 0 Å². The molecule has 0 atom stereocenters. The van der Waals surface area contributed by atoms with Gasteiger partial charge in [0.05, 0.1) is 25.7 Å². The number of aromatic nitrogens is 3. The summed E-state index contributed by atoms with van der Waals surface area (Å²) in [5.41, 5.74) is 0.